The summed E-state index contributed by atoms with van der Waals surface area (Å²) < 4.78 is 72.2. The molecule has 0 saturated heterocycles. The number of aliphatic carboxylic acids is 1. The number of anilines is 2. The van der Waals surface area contributed by atoms with E-state index in [4.69, 9.17) is 9.90 Å². The van der Waals surface area contributed by atoms with Gasteiger partial charge in [-0.05, 0) is 56.9 Å². The third kappa shape index (κ3) is 10.0. The Morgan fingerprint density at radius 3 is 2.03 bits per heavy atom. The molecule has 0 spiro atoms. The molecule has 1 aliphatic rings. The lowest BCUT2D eigenvalue weighted by Gasteiger charge is -2.29. The molecule has 4 N–H and O–H groups in total. The van der Waals surface area contributed by atoms with E-state index in [0.717, 1.165) is 49.2 Å². The lowest BCUT2D eigenvalue weighted by molar-refractivity contribution is -0.274. The quantitative estimate of drug-likeness (QED) is 0.397. The van der Waals surface area contributed by atoms with Crippen molar-refractivity contribution in [1.82, 2.24) is 15.3 Å². The van der Waals surface area contributed by atoms with Crippen LogP contribution in [0.15, 0.2) is 30.5 Å². The molecule has 1 aromatic heterocycles. The molecule has 204 valence electrons. The van der Waals surface area contributed by atoms with Gasteiger partial charge >= 0.3 is 18.5 Å². The van der Waals surface area contributed by atoms with Crippen molar-refractivity contribution < 1.29 is 45.8 Å². The number of carboxylic acids is 1. The summed E-state index contributed by atoms with van der Waals surface area (Å²) in [4.78, 5) is 30.0. The first-order chi connectivity index (χ1) is 17.2. The van der Waals surface area contributed by atoms with Crippen molar-refractivity contribution in [2.75, 3.05) is 17.7 Å². The standard InChI is InChI=1S/C20H24F3N5O2.C2HF3O2/c1-12-11-25-19(28-17(12)24-2)27-15-7-5-14(6-8-15)26-18(29)13-3-9-16(10-4-13)30-20(21,22)23;3-2(4,5)1(6)7/h3-4,9-11,14-15H,5-8H2,1-2H3,(H,26,29)(H2,24,25,27,28);(H,6,7)/t14-,15+;. The van der Waals surface area contributed by atoms with E-state index in [1.165, 1.54) is 12.1 Å². The predicted molar refractivity (Wildman–Crippen MR) is 120 cm³/mol. The summed E-state index contributed by atoms with van der Waals surface area (Å²) in [6, 6.07) is 5.11. The molecule has 1 aliphatic carbocycles. The Morgan fingerprint density at radius 2 is 1.54 bits per heavy atom. The van der Waals surface area contributed by atoms with Crippen LogP contribution in [0.25, 0.3) is 0 Å². The largest absolute Gasteiger partial charge is 0.573 e. The predicted octanol–water partition coefficient (Wildman–Crippen LogP) is 4.51. The highest BCUT2D eigenvalue weighted by Crippen LogP contribution is 2.24. The maximum atomic E-state index is 12.4. The second-order valence-corrected chi connectivity index (χ2v) is 8.02. The maximum Gasteiger partial charge on any atom is 0.573 e. The summed E-state index contributed by atoms with van der Waals surface area (Å²) in [7, 11) is 1.81. The zero-order valence-electron chi connectivity index (χ0n) is 19.7. The molecule has 3 rings (SSSR count). The Hall–Kier alpha value is -3.78. The second-order valence-electron chi connectivity index (χ2n) is 8.02. The van der Waals surface area contributed by atoms with Crippen LogP contribution in [0.2, 0.25) is 0 Å². The van der Waals surface area contributed by atoms with Crippen molar-refractivity contribution in [2.24, 2.45) is 0 Å². The molecule has 0 bridgehead atoms. The van der Waals surface area contributed by atoms with Crippen LogP contribution < -0.4 is 20.7 Å². The number of ether oxygens (including phenoxy) is 1. The number of halogens is 6. The van der Waals surface area contributed by atoms with Crippen LogP contribution in [0, 0.1) is 6.92 Å². The Bertz CT molecular complexity index is 1060. The second kappa shape index (κ2) is 12.5. The molecule has 1 amide bonds. The number of alkyl halides is 6. The van der Waals surface area contributed by atoms with Crippen molar-refractivity contribution in [3.05, 3.63) is 41.6 Å². The topological polar surface area (TPSA) is 125 Å². The van der Waals surface area contributed by atoms with E-state index in [1.54, 1.807) is 6.20 Å². The number of carbonyl (C=O) groups is 2. The number of aromatic nitrogens is 2. The molecule has 1 heterocycles. The number of carbonyl (C=O) groups excluding carboxylic acids is 1. The lowest BCUT2D eigenvalue weighted by atomic mass is 9.91. The smallest absolute Gasteiger partial charge is 0.475 e. The van der Waals surface area contributed by atoms with E-state index in [9.17, 15) is 31.1 Å². The van der Waals surface area contributed by atoms with Crippen LogP contribution in [0.4, 0.5) is 38.1 Å². The van der Waals surface area contributed by atoms with Crippen LogP contribution in [-0.4, -0.2) is 58.6 Å². The van der Waals surface area contributed by atoms with Gasteiger partial charge in [0.25, 0.3) is 5.91 Å². The Kier molecular flexibility index (Phi) is 9.91. The monoisotopic (exact) mass is 537 g/mol. The molecule has 0 radical (unpaired) electrons. The summed E-state index contributed by atoms with van der Waals surface area (Å²) >= 11 is 0. The molecule has 0 aliphatic heterocycles. The number of benzene rings is 1. The third-order valence-electron chi connectivity index (χ3n) is 5.20. The molecule has 37 heavy (non-hydrogen) atoms. The Morgan fingerprint density at radius 1 is 1.00 bits per heavy atom. The molecule has 2 aromatic rings. The number of nitrogens with zero attached hydrogens (tertiary/aromatic N) is 2. The first-order valence-electron chi connectivity index (χ1n) is 10.9. The molecule has 9 nitrogen and oxygen atoms in total. The highest BCUT2D eigenvalue weighted by atomic mass is 19.4. The van der Waals surface area contributed by atoms with Crippen molar-refractivity contribution >= 4 is 23.6 Å². The number of nitrogens with one attached hydrogen (secondary N) is 3. The minimum absolute atomic E-state index is 0.00783. The van der Waals surface area contributed by atoms with Gasteiger partial charge in [0, 0.05) is 36.5 Å². The van der Waals surface area contributed by atoms with Gasteiger partial charge in [-0.3, -0.25) is 4.79 Å². The molecule has 1 aromatic carbocycles. The highest BCUT2D eigenvalue weighted by Gasteiger charge is 2.38. The van der Waals surface area contributed by atoms with Gasteiger partial charge in [0.15, 0.2) is 0 Å². The first kappa shape index (κ1) is 29.5. The minimum Gasteiger partial charge on any atom is -0.475 e. The zero-order valence-corrected chi connectivity index (χ0v) is 19.7. The molecule has 1 fully saturated rings. The van der Waals surface area contributed by atoms with Crippen molar-refractivity contribution in [2.45, 2.75) is 57.2 Å². The average molecular weight is 537 g/mol. The van der Waals surface area contributed by atoms with E-state index in [1.807, 2.05) is 14.0 Å². The molecular weight excluding hydrogens is 512 g/mol. The van der Waals surface area contributed by atoms with Gasteiger partial charge in [-0.2, -0.15) is 18.2 Å². The fourth-order valence-corrected chi connectivity index (χ4v) is 3.41. The molecule has 0 atom stereocenters. The molecule has 1 saturated carbocycles. The fourth-order valence-electron chi connectivity index (χ4n) is 3.41. The number of hydrogen-bond acceptors (Lipinski definition) is 7. The van der Waals surface area contributed by atoms with Gasteiger partial charge in [0.05, 0.1) is 0 Å². The molecule has 15 heteroatoms. The van der Waals surface area contributed by atoms with Crippen molar-refractivity contribution in [3.63, 3.8) is 0 Å². The molecular formula is C22H25F6N5O4. The van der Waals surface area contributed by atoms with Gasteiger partial charge < -0.3 is 25.8 Å². The van der Waals surface area contributed by atoms with Crippen LogP contribution >= 0.6 is 0 Å². The molecule has 0 unspecified atom stereocenters. The van der Waals surface area contributed by atoms with E-state index in [2.05, 4.69) is 30.7 Å². The highest BCUT2D eigenvalue weighted by molar-refractivity contribution is 5.94. The van der Waals surface area contributed by atoms with Crippen molar-refractivity contribution in [1.29, 1.82) is 0 Å². The number of hydrogen-bond donors (Lipinski definition) is 4. The lowest BCUT2D eigenvalue weighted by Crippen LogP contribution is -2.40. The SMILES string of the molecule is CNc1nc(N[C@H]2CC[C@@H](NC(=O)c3ccc(OC(F)(F)F)cc3)CC2)ncc1C.O=C(O)C(F)(F)F. The summed E-state index contributed by atoms with van der Waals surface area (Å²) in [6.45, 7) is 1.93. The Labute approximate surface area is 207 Å². The van der Waals surface area contributed by atoms with E-state index in [-0.39, 0.29) is 29.3 Å². The van der Waals surface area contributed by atoms with Gasteiger partial charge in [-0.1, -0.05) is 0 Å². The van der Waals surface area contributed by atoms with Gasteiger partial charge in [-0.25, -0.2) is 9.78 Å². The normalized spacial score (nSPS) is 17.6. The summed E-state index contributed by atoms with van der Waals surface area (Å²) in [5.74, 6) is -2.08. The van der Waals surface area contributed by atoms with Crippen molar-refractivity contribution in [3.8, 4) is 5.75 Å². The van der Waals surface area contributed by atoms with E-state index < -0.39 is 18.5 Å². The average Bonchev–Trinajstić information content (AvgIpc) is 2.80. The number of carboxylic acid groups (broad SMARTS) is 1. The Balaban J connectivity index is 0.000000604. The maximum absolute atomic E-state index is 12.4. The minimum atomic E-state index is -5.08. The van der Waals surface area contributed by atoms with Crippen LogP contribution in [0.5, 0.6) is 5.75 Å². The van der Waals surface area contributed by atoms with Crippen LogP contribution in [0.3, 0.4) is 0 Å². The van der Waals surface area contributed by atoms with Gasteiger partial charge in [0.1, 0.15) is 11.6 Å². The first-order valence-corrected chi connectivity index (χ1v) is 10.9. The number of amides is 1. The zero-order chi connectivity index (χ0) is 27.8. The summed E-state index contributed by atoms with van der Waals surface area (Å²) in [5.41, 5.74) is 1.25. The third-order valence-corrected chi connectivity index (χ3v) is 5.20. The summed E-state index contributed by atoms with van der Waals surface area (Å²) in [6.07, 6.45) is -4.83. The number of rotatable bonds is 6. The van der Waals surface area contributed by atoms with Crippen LogP contribution in [0.1, 0.15) is 41.6 Å². The van der Waals surface area contributed by atoms with Gasteiger partial charge in [-0.15, -0.1) is 13.2 Å². The number of aryl methyl sites for hydroxylation is 1. The van der Waals surface area contributed by atoms with E-state index >= 15 is 0 Å². The summed E-state index contributed by atoms with van der Waals surface area (Å²) in [5, 5.41) is 16.4. The fraction of sp³-hybridized carbons (Fsp3) is 0.455. The van der Waals surface area contributed by atoms with Gasteiger partial charge in [0.2, 0.25) is 5.95 Å². The van der Waals surface area contributed by atoms with Crippen LogP contribution in [-0.2, 0) is 4.79 Å². The van der Waals surface area contributed by atoms with E-state index in [0.29, 0.717) is 5.95 Å².